The van der Waals surface area contributed by atoms with Gasteiger partial charge in [-0.05, 0) is 34.5 Å². The number of benzene rings is 3. The van der Waals surface area contributed by atoms with E-state index in [0.717, 1.165) is 10.8 Å². The average molecular weight is 291 g/mol. The number of carboxylic acids is 1. The van der Waals surface area contributed by atoms with Crippen molar-refractivity contribution >= 4 is 22.6 Å². The molecule has 0 aliphatic heterocycles. The van der Waals surface area contributed by atoms with Gasteiger partial charge in [0, 0.05) is 11.1 Å². The highest BCUT2D eigenvalue weighted by Gasteiger charge is 2.18. The van der Waals surface area contributed by atoms with Crippen molar-refractivity contribution in [1.82, 2.24) is 0 Å². The minimum absolute atomic E-state index is 0.0616. The molecule has 22 heavy (non-hydrogen) atoms. The number of carbonyl (C=O) groups is 2. The van der Waals surface area contributed by atoms with Crippen LogP contribution in [0.1, 0.15) is 20.7 Å². The van der Waals surface area contributed by atoms with Crippen LogP contribution in [-0.4, -0.2) is 17.0 Å². The predicted octanol–water partition coefficient (Wildman–Crippen LogP) is 3.30. The molecule has 0 heterocycles. The van der Waals surface area contributed by atoms with Crippen molar-refractivity contribution in [3.63, 3.8) is 0 Å². The molecule has 3 aromatic carbocycles. The van der Waals surface area contributed by atoms with Crippen LogP contribution >= 0.6 is 0 Å². The summed E-state index contributed by atoms with van der Waals surface area (Å²) in [5.74, 6) is -1.74. The molecule has 0 bridgehead atoms. The van der Waals surface area contributed by atoms with Crippen molar-refractivity contribution in [2.75, 3.05) is 0 Å². The molecule has 4 nitrogen and oxygen atoms in total. The molecule has 1 amide bonds. The summed E-state index contributed by atoms with van der Waals surface area (Å²) in [5, 5.41) is 11.4. The number of hydrogen-bond acceptors (Lipinski definition) is 2. The Morgan fingerprint density at radius 3 is 2.18 bits per heavy atom. The molecule has 0 atom stereocenters. The highest BCUT2D eigenvalue weighted by molar-refractivity contribution is 6.07. The van der Waals surface area contributed by atoms with Crippen LogP contribution in [0.2, 0.25) is 0 Å². The number of nitrogens with two attached hydrogens (primary N) is 1. The predicted molar refractivity (Wildman–Crippen MR) is 84.9 cm³/mol. The van der Waals surface area contributed by atoms with Crippen LogP contribution in [0, 0.1) is 0 Å². The third-order valence-corrected chi connectivity index (χ3v) is 3.60. The highest BCUT2D eigenvalue weighted by Crippen LogP contribution is 2.30. The molecule has 108 valence electrons. The first-order valence-electron chi connectivity index (χ1n) is 6.73. The van der Waals surface area contributed by atoms with Gasteiger partial charge in [-0.3, -0.25) is 4.79 Å². The molecule has 3 rings (SSSR count). The lowest BCUT2D eigenvalue weighted by Crippen LogP contribution is -2.14. The highest BCUT2D eigenvalue weighted by atomic mass is 16.4. The fourth-order valence-electron chi connectivity index (χ4n) is 2.59. The molecule has 3 N–H and O–H groups in total. The molecular formula is C18H13NO3. The lowest BCUT2D eigenvalue weighted by atomic mass is 9.92. The molecular weight excluding hydrogens is 278 g/mol. The van der Waals surface area contributed by atoms with Crippen LogP contribution in [0.3, 0.4) is 0 Å². The van der Waals surface area contributed by atoms with Gasteiger partial charge in [0.15, 0.2) is 0 Å². The van der Waals surface area contributed by atoms with Crippen molar-refractivity contribution in [1.29, 1.82) is 0 Å². The van der Waals surface area contributed by atoms with Gasteiger partial charge in [-0.2, -0.15) is 0 Å². The molecule has 0 saturated heterocycles. The minimum atomic E-state index is -1.09. The molecule has 0 aromatic heterocycles. The summed E-state index contributed by atoms with van der Waals surface area (Å²) in [4.78, 5) is 23.1. The van der Waals surface area contributed by atoms with Gasteiger partial charge in [-0.15, -0.1) is 0 Å². The van der Waals surface area contributed by atoms with Crippen molar-refractivity contribution in [2.45, 2.75) is 0 Å². The van der Waals surface area contributed by atoms with Gasteiger partial charge in [0.25, 0.3) is 0 Å². The van der Waals surface area contributed by atoms with Crippen LogP contribution in [0.5, 0.6) is 0 Å². The Labute approximate surface area is 126 Å². The number of carboxylic acid groups (broad SMARTS) is 1. The fourth-order valence-corrected chi connectivity index (χ4v) is 2.59. The zero-order valence-corrected chi connectivity index (χ0v) is 11.6. The SMILES string of the molecule is NC(=O)c1cccc(C(=O)O)c1-c1ccc2ccccc2c1. The quantitative estimate of drug-likeness (QED) is 0.777. The van der Waals surface area contributed by atoms with Gasteiger partial charge in [-0.1, -0.05) is 42.5 Å². The number of rotatable bonds is 3. The van der Waals surface area contributed by atoms with E-state index in [1.807, 2.05) is 36.4 Å². The van der Waals surface area contributed by atoms with Gasteiger partial charge >= 0.3 is 5.97 Å². The number of hydrogen-bond donors (Lipinski definition) is 2. The standard InChI is InChI=1S/C18H13NO3/c19-17(20)14-6-3-7-15(18(21)22)16(14)13-9-8-11-4-1-2-5-12(11)10-13/h1-10H,(H2,19,20)(H,21,22). The summed E-state index contributed by atoms with van der Waals surface area (Å²) >= 11 is 0. The lowest BCUT2D eigenvalue weighted by molar-refractivity contribution is 0.0697. The van der Waals surface area contributed by atoms with Crippen molar-refractivity contribution in [3.05, 3.63) is 71.8 Å². The van der Waals surface area contributed by atoms with Crippen LogP contribution in [0.4, 0.5) is 0 Å². The molecule has 3 aromatic rings. The maximum absolute atomic E-state index is 11.7. The van der Waals surface area contributed by atoms with E-state index in [-0.39, 0.29) is 11.1 Å². The number of primary amides is 1. The molecule has 0 spiro atoms. The van der Waals surface area contributed by atoms with E-state index in [0.29, 0.717) is 11.1 Å². The summed E-state index contributed by atoms with van der Waals surface area (Å²) < 4.78 is 0. The molecule has 0 aliphatic rings. The Morgan fingerprint density at radius 1 is 0.818 bits per heavy atom. The topological polar surface area (TPSA) is 80.4 Å². The number of amides is 1. The second kappa shape index (κ2) is 5.33. The summed E-state index contributed by atoms with van der Waals surface area (Å²) in [5.41, 5.74) is 6.68. The van der Waals surface area contributed by atoms with E-state index in [2.05, 4.69) is 0 Å². The Hall–Kier alpha value is -3.14. The van der Waals surface area contributed by atoms with E-state index >= 15 is 0 Å². The van der Waals surface area contributed by atoms with Gasteiger partial charge in [-0.25, -0.2) is 4.79 Å². The molecule has 0 fully saturated rings. The summed E-state index contributed by atoms with van der Waals surface area (Å²) in [6.07, 6.45) is 0. The average Bonchev–Trinajstić information content (AvgIpc) is 2.53. The monoisotopic (exact) mass is 291 g/mol. The second-order valence-corrected chi connectivity index (χ2v) is 4.96. The Morgan fingerprint density at radius 2 is 1.50 bits per heavy atom. The Balaban J connectivity index is 2.33. The molecule has 4 heteroatoms. The van der Waals surface area contributed by atoms with E-state index in [1.54, 1.807) is 12.1 Å². The zero-order valence-electron chi connectivity index (χ0n) is 11.6. The van der Waals surface area contributed by atoms with Crippen molar-refractivity contribution in [2.24, 2.45) is 5.73 Å². The molecule has 0 radical (unpaired) electrons. The second-order valence-electron chi connectivity index (χ2n) is 4.96. The summed E-state index contributed by atoms with van der Waals surface area (Å²) in [6, 6.07) is 17.8. The minimum Gasteiger partial charge on any atom is -0.478 e. The largest absolute Gasteiger partial charge is 0.478 e. The zero-order chi connectivity index (χ0) is 15.7. The van der Waals surface area contributed by atoms with Gasteiger partial charge in [0.05, 0.1) is 5.56 Å². The first-order chi connectivity index (χ1) is 10.6. The lowest BCUT2D eigenvalue weighted by Gasteiger charge is -2.11. The van der Waals surface area contributed by atoms with Crippen molar-refractivity contribution in [3.8, 4) is 11.1 Å². The molecule has 0 saturated carbocycles. The van der Waals surface area contributed by atoms with Gasteiger partial charge in [0.2, 0.25) is 5.91 Å². The molecule has 0 aliphatic carbocycles. The fraction of sp³-hybridized carbons (Fsp3) is 0. The van der Waals surface area contributed by atoms with Gasteiger partial charge in [0.1, 0.15) is 0 Å². The smallest absolute Gasteiger partial charge is 0.336 e. The number of aromatic carboxylic acids is 1. The third kappa shape index (κ3) is 2.31. The van der Waals surface area contributed by atoms with E-state index in [4.69, 9.17) is 5.73 Å². The maximum Gasteiger partial charge on any atom is 0.336 e. The normalized spacial score (nSPS) is 10.5. The molecule has 0 unspecified atom stereocenters. The van der Waals surface area contributed by atoms with Crippen LogP contribution in [-0.2, 0) is 0 Å². The summed E-state index contributed by atoms with van der Waals surface area (Å²) in [7, 11) is 0. The van der Waals surface area contributed by atoms with Crippen molar-refractivity contribution < 1.29 is 14.7 Å². The van der Waals surface area contributed by atoms with Crippen LogP contribution in [0.25, 0.3) is 21.9 Å². The Kier molecular flexibility index (Phi) is 3.35. The summed E-state index contributed by atoms with van der Waals surface area (Å²) in [6.45, 7) is 0. The number of carbonyl (C=O) groups excluding carboxylic acids is 1. The van der Waals surface area contributed by atoms with E-state index < -0.39 is 11.9 Å². The first-order valence-corrected chi connectivity index (χ1v) is 6.73. The van der Waals surface area contributed by atoms with Crippen LogP contribution < -0.4 is 5.73 Å². The first kappa shape index (κ1) is 13.8. The van der Waals surface area contributed by atoms with E-state index in [1.165, 1.54) is 12.1 Å². The maximum atomic E-state index is 11.7. The Bertz CT molecular complexity index is 867. The third-order valence-electron chi connectivity index (χ3n) is 3.60. The van der Waals surface area contributed by atoms with Crippen LogP contribution in [0.15, 0.2) is 60.7 Å². The van der Waals surface area contributed by atoms with E-state index in [9.17, 15) is 14.7 Å². The van der Waals surface area contributed by atoms with Gasteiger partial charge < -0.3 is 10.8 Å². The number of fused-ring (bicyclic) bond motifs is 1.